The minimum Gasteiger partial charge on any atom is -0.379 e. The monoisotopic (exact) mass is 302 g/mol. The van der Waals surface area contributed by atoms with Gasteiger partial charge in [0.25, 0.3) is 0 Å². The Kier molecular flexibility index (Phi) is 6.95. The van der Waals surface area contributed by atoms with E-state index in [4.69, 9.17) is 21.1 Å². The second-order valence-electron chi connectivity index (χ2n) is 4.21. The van der Waals surface area contributed by atoms with E-state index in [2.05, 4.69) is 9.88 Å². The lowest BCUT2D eigenvalue weighted by molar-refractivity contribution is 0.0221. The molecule has 1 saturated heterocycles. The van der Waals surface area contributed by atoms with Crippen LogP contribution in [0.4, 0.5) is 0 Å². The fourth-order valence-corrected chi connectivity index (χ4v) is 2.82. The highest BCUT2D eigenvalue weighted by Crippen LogP contribution is 2.23. The number of halogens is 1. The third-order valence-corrected chi connectivity index (χ3v) is 4.23. The van der Waals surface area contributed by atoms with Crippen molar-refractivity contribution in [2.24, 2.45) is 0 Å². The molecule has 1 aromatic rings. The molecule has 0 bridgehead atoms. The van der Waals surface area contributed by atoms with Crippen molar-refractivity contribution in [2.45, 2.75) is 5.03 Å². The first-order chi connectivity index (χ1) is 9.36. The van der Waals surface area contributed by atoms with Crippen LogP contribution in [0.3, 0.4) is 0 Å². The first kappa shape index (κ1) is 15.1. The topological polar surface area (TPSA) is 34.6 Å². The highest BCUT2D eigenvalue weighted by atomic mass is 35.5. The number of pyridine rings is 1. The molecule has 4 nitrogen and oxygen atoms in total. The number of hydrogen-bond donors (Lipinski definition) is 0. The lowest BCUT2D eigenvalue weighted by Gasteiger charge is -2.26. The average molecular weight is 303 g/mol. The van der Waals surface area contributed by atoms with E-state index >= 15 is 0 Å². The summed E-state index contributed by atoms with van der Waals surface area (Å²) in [6.07, 6.45) is 1.76. The molecule has 0 saturated carbocycles. The summed E-state index contributed by atoms with van der Waals surface area (Å²) in [5.41, 5.74) is 0. The molecule has 0 radical (unpaired) electrons. The standard InChI is InChI=1S/C13H19ClN2O2S/c14-12-2-1-3-15-13(12)19-11-10-18-9-6-16-4-7-17-8-5-16/h1-3H,4-11H2. The van der Waals surface area contributed by atoms with Crippen LogP contribution in [0, 0.1) is 0 Å². The van der Waals surface area contributed by atoms with E-state index in [0.29, 0.717) is 5.02 Å². The Labute approximate surface area is 123 Å². The van der Waals surface area contributed by atoms with Crippen molar-refractivity contribution in [3.8, 4) is 0 Å². The molecule has 6 heteroatoms. The summed E-state index contributed by atoms with van der Waals surface area (Å²) in [7, 11) is 0. The number of nitrogens with zero attached hydrogens (tertiary/aromatic N) is 2. The van der Waals surface area contributed by atoms with Gasteiger partial charge in [-0.1, -0.05) is 11.6 Å². The number of aromatic nitrogens is 1. The normalized spacial score (nSPS) is 16.7. The van der Waals surface area contributed by atoms with Crippen LogP contribution in [0.25, 0.3) is 0 Å². The Morgan fingerprint density at radius 3 is 3.00 bits per heavy atom. The van der Waals surface area contributed by atoms with Crippen LogP contribution in [-0.4, -0.2) is 61.7 Å². The third-order valence-electron chi connectivity index (χ3n) is 2.85. The van der Waals surface area contributed by atoms with Crippen LogP contribution >= 0.6 is 23.4 Å². The Bertz CT molecular complexity index is 375. The highest BCUT2D eigenvalue weighted by molar-refractivity contribution is 7.99. The summed E-state index contributed by atoms with van der Waals surface area (Å²) >= 11 is 7.65. The van der Waals surface area contributed by atoms with Crippen LogP contribution in [0.2, 0.25) is 5.02 Å². The zero-order chi connectivity index (χ0) is 13.3. The molecular formula is C13H19ClN2O2S. The van der Waals surface area contributed by atoms with Gasteiger partial charge in [0.15, 0.2) is 0 Å². The second-order valence-corrected chi connectivity index (χ2v) is 5.70. The van der Waals surface area contributed by atoms with E-state index in [9.17, 15) is 0 Å². The van der Waals surface area contributed by atoms with Gasteiger partial charge in [0.05, 0.1) is 31.5 Å². The number of hydrogen-bond acceptors (Lipinski definition) is 5. The SMILES string of the molecule is Clc1cccnc1SCCOCCN1CCOCC1. The van der Waals surface area contributed by atoms with E-state index in [1.807, 2.05) is 12.1 Å². The van der Waals surface area contributed by atoms with Gasteiger partial charge < -0.3 is 9.47 Å². The van der Waals surface area contributed by atoms with Gasteiger partial charge in [0.1, 0.15) is 5.03 Å². The Balaban J connectivity index is 1.51. The lowest BCUT2D eigenvalue weighted by Crippen LogP contribution is -2.38. The van der Waals surface area contributed by atoms with Crippen molar-refractivity contribution in [3.05, 3.63) is 23.4 Å². The Morgan fingerprint density at radius 1 is 1.37 bits per heavy atom. The average Bonchev–Trinajstić information content (AvgIpc) is 2.45. The smallest absolute Gasteiger partial charge is 0.115 e. The van der Waals surface area contributed by atoms with Gasteiger partial charge in [-0.05, 0) is 12.1 Å². The minimum absolute atomic E-state index is 0.709. The maximum Gasteiger partial charge on any atom is 0.115 e. The Morgan fingerprint density at radius 2 is 2.21 bits per heavy atom. The molecule has 106 valence electrons. The molecule has 1 aliphatic rings. The molecule has 0 spiro atoms. The molecule has 1 aliphatic heterocycles. The van der Waals surface area contributed by atoms with Crippen molar-refractivity contribution < 1.29 is 9.47 Å². The quantitative estimate of drug-likeness (QED) is 0.570. The molecule has 0 aromatic carbocycles. The van der Waals surface area contributed by atoms with Crippen LogP contribution in [0.5, 0.6) is 0 Å². The highest BCUT2D eigenvalue weighted by Gasteiger charge is 2.09. The lowest BCUT2D eigenvalue weighted by atomic mass is 10.4. The van der Waals surface area contributed by atoms with Gasteiger partial charge in [-0.15, -0.1) is 11.8 Å². The van der Waals surface area contributed by atoms with E-state index in [1.165, 1.54) is 0 Å². The van der Waals surface area contributed by atoms with Crippen LogP contribution < -0.4 is 0 Å². The third kappa shape index (κ3) is 5.67. The van der Waals surface area contributed by atoms with Crippen molar-refractivity contribution >= 4 is 23.4 Å². The Hall–Kier alpha value is -0.330. The van der Waals surface area contributed by atoms with Gasteiger partial charge in [0.2, 0.25) is 0 Å². The molecule has 0 atom stereocenters. The molecular weight excluding hydrogens is 284 g/mol. The molecule has 0 amide bonds. The number of rotatable bonds is 7. The molecule has 0 unspecified atom stereocenters. The summed E-state index contributed by atoms with van der Waals surface area (Å²) in [6, 6.07) is 3.70. The molecule has 19 heavy (non-hydrogen) atoms. The minimum atomic E-state index is 0.709. The molecule has 2 rings (SSSR count). The van der Waals surface area contributed by atoms with Gasteiger partial charge in [-0.3, -0.25) is 4.90 Å². The van der Waals surface area contributed by atoms with Crippen molar-refractivity contribution in [1.29, 1.82) is 0 Å². The number of ether oxygens (including phenoxy) is 2. The van der Waals surface area contributed by atoms with Crippen molar-refractivity contribution in [2.75, 3.05) is 51.8 Å². The maximum absolute atomic E-state index is 6.02. The summed E-state index contributed by atoms with van der Waals surface area (Å²) in [5.74, 6) is 0.875. The predicted molar refractivity (Wildman–Crippen MR) is 78.0 cm³/mol. The molecule has 1 aromatic heterocycles. The largest absolute Gasteiger partial charge is 0.379 e. The maximum atomic E-state index is 6.02. The van der Waals surface area contributed by atoms with E-state index < -0.39 is 0 Å². The predicted octanol–water partition coefficient (Wildman–Crippen LogP) is 2.18. The molecule has 0 aliphatic carbocycles. The zero-order valence-corrected chi connectivity index (χ0v) is 12.5. The second kappa shape index (κ2) is 8.76. The summed E-state index contributed by atoms with van der Waals surface area (Å²) in [6.45, 7) is 6.20. The van der Waals surface area contributed by atoms with Gasteiger partial charge in [0, 0.05) is 31.6 Å². The van der Waals surface area contributed by atoms with Crippen molar-refractivity contribution in [3.63, 3.8) is 0 Å². The van der Waals surface area contributed by atoms with E-state index in [0.717, 1.165) is 56.8 Å². The van der Waals surface area contributed by atoms with Gasteiger partial charge >= 0.3 is 0 Å². The van der Waals surface area contributed by atoms with E-state index in [-0.39, 0.29) is 0 Å². The summed E-state index contributed by atoms with van der Waals surface area (Å²) < 4.78 is 10.9. The molecule has 1 fully saturated rings. The van der Waals surface area contributed by atoms with Crippen LogP contribution in [0.15, 0.2) is 23.4 Å². The van der Waals surface area contributed by atoms with Crippen molar-refractivity contribution in [1.82, 2.24) is 9.88 Å². The fourth-order valence-electron chi connectivity index (χ4n) is 1.80. The first-order valence-electron chi connectivity index (χ1n) is 6.47. The number of thioether (sulfide) groups is 1. The van der Waals surface area contributed by atoms with E-state index in [1.54, 1.807) is 18.0 Å². The first-order valence-corrected chi connectivity index (χ1v) is 7.84. The van der Waals surface area contributed by atoms with Gasteiger partial charge in [-0.25, -0.2) is 4.98 Å². The zero-order valence-electron chi connectivity index (χ0n) is 10.9. The van der Waals surface area contributed by atoms with Crippen LogP contribution in [-0.2, 0) is 9.47 Å². The van der Waals surface area contributed by atoms with Gasteiger partial charge in [-0.2, -0.15) is 0 Å². The molecule has 0 N–H and O–H groups in total. The summed E-state index contributed by atoms with van der Waals surface area (Å²) in [5, 5.41) is 1.58. The van der Waals surface area contributed by atoms with Crippen LogP contribution in [0.1, 0.15) is 0 Å². The fraction of sp³-hybridized carbons (Fsp3) is 0.615. The summed E-state index contributed by atoms with van der Waals surface area (Å²) in [4.78, 5) is 6.59. The molecule has 2 heterocycles. The number of morpholine rings is 1.